The van der Waals surface area contributed by atoms with E-state index < -0.39 is 11.0 Å². The van der Waals surface area contributed by atoms with Crippen LogP contribution in [0.5, 0.6) is 0 Å². The molecule has 1 unspecified atom stereocenters. The van der Waals surface area contributed by atoms with Gasteiger partial charge in [0.1, 0.15) is 0 Å². The summed E-state index contributed by atoms with van der Waals surface area (Å²) < 4.78 is 0. The van der Waals surface area contributed by atoms with Crippen LogP contribution in [-0.4, -0.2) is 16.6 Å². The molecule has 0 fully saturated rings. The number of aliphatic hydroxyl groups excluding tert-OH is 1. The van der Waals surface area contributed by atoms with Gasteiger partial charge in [-0.2, -0.15) is 0 Å². The molecule has 0 saturated carbocycles. The van der Waals surface area contributed by atoms with Crippen molar-refractivity contribution in [3.63, 3.8) is 0 Å². The van der Waals surface area contributed by atoms with Crippen LogP contribution in [0.3, 0.4) is 0 Å². The van der Waals surface area contributed by atoms with Crippen LogP contribution in [0.15, 0.2) is 11.4 Å². The molecule has 1 atom stereocenters. The molecule has 1 aromatic heterocycles. The third-order valence-electron chi connectivity index (χ3n) is 1.41. The lowest BCUT2D eigenvalue weighted by molar-refractivity contribution is -0.380. The first-order valence-electron chi connectivity index (χ1n) is 3.24. The van der Waals surface area contributed by atoms with Crippen molar-refractivity contribution in [3.05, 3.63) is 27.1 Å². The van der Waals surface area contributed by atoms with Crippen molar-refractivity contribution in [2.24, 2.45) is 5.73 Å². The number of nitrogens with zero attached hydrogens (tertiary/aromatic N) is 1. The van der Waals surface area contributed by atoms with Crippen LogP contribution in [0.1, 0.15) is 11.6 Å². The zero-order valence-corrected chi connectivity index (χ0v) is 6.95. The summed E-state index contributed by atoms with van der Waals surface area (Å²) in [5, 5.41) is 20.5. The van der Waals surface area contributed by atoms with Gasteiger partial charge in [0, 0.05) is 11.4 Å². The highest BCUT2D eigenvalue weighted by Crippen LogP contribution is 2.25. The Labute approximate surface area is 72.6 Å². The van der Waals surface area contributed by atoms with Crippen LogP contribution in [0.2, 0.25) is 0 Å². The number of nitrogens with two attached hydrogens (primary N) is 1. The first kappa shape index (κ1) is 9.11. The van der Waals surface area contributed by atoms with Gasteiger partial charge in [-0.15, -0.1) is 0 Å². The van der Waals surface area contributed by atoms with Crippen molar-refractivity contribution in [1.82, 2.24) is 0 Å². The second kappa shape index (κ2) is 3.61. The minimum Gasteiger partial charge on any atom is -0.394 e. The molecular formula is C6H8N2O3S. The second-order valence-corrected chi connectivity index (χ2v) is 3.15. The Morgan fingerprint density at radius 2 is 2.50 bits per heavy atom. The van der Waals surface area contributed by atoms with Crippen LogP contribution in [0, 0.1) is 10.1 Å². The van der Waals surface area contributed by atoms with E-state index in [-0.39, 0.29) is 11.6 Å². The van der Waals surface area contributed by atoms with Gasteiger partial charge in [0.15, 0.2) is 0 Å². The highest BCUT2D eigenvalue weighted by atomic mass is 32.1. The molecule has 0 radical (unpaired) electrons. The summed E-state index contributed by atoms with van der Waals surface area (Å²) in [6.45, 7) is -0.201. The smallest absolute Gasteiger partial charge is 0.324 e. The van der Waals surface area contributed by atoms with Gasteiger partial charge < -0.3 is 10.8 Å². The number of hydrogen-bond acceptors (Lipinski definition) is 5. The number of nitro groups is 1. The average Bonchev–Trinajstić information content (AvgIpc) is 2.51. The summed E-state index contributed by atoms with van der Waals surface area (Å²) in [6, 6.07) is 0.862. The van der Waals surface area contributed by atoms with Crippen molar-refractivity contribution in [2.45, 2.75) is 6.04 Å². The molecule has 0 aliphatic rings. The number of thiophene rings is 1. The summed E-state index contributed by atoms with van der Waals surface area (Å²) >= 11 is 1.01. The lowest BCUT2D eigenvalue weighted by Gasteiger charge is -2.02. The Kier molecular flexibility index (Phi) is 2.74. The predicted octanol–water partition coefficient (Wildman–Crippen LogP) is 0.648. The molecule has 66 valence electrons. The second-order valence-electron chi connectivity index (χ2n) is 2.26. The zero-order valence-electron chi connectivity index (χ0n) is 6.14. The van der Waals surface area contributed by atoms with Crippen molar-refractivity contribution < 1.29 is 10.0 Å². The van der Waals surface area contributed by atoms with Crippen LogP contribution in [0.4, 0.5) is 5.00 Å². The highest BCUT2D eigenvalue weighted by Gasteiger charge is 2.13. The Bertz CT molecular complexity index is 286. The fourth-order valence-corrected chi connectivity index (χ4v) is 1.52. The van der Waals surface area contributed by atoms with E-state index >= 15 is 0 Å². The average molecular weight is 188 g/mol. The minimum atomic E-state index is -0.519. The lowest BCUT2D eigenvalue weighted by Crippen LogP contribution is -2.13. The van der Waals surface area contributed by atoms with E-state index in [1.807, 2.05) is 0 Å². The van der Waals surface area contributed by atoms with Crippen molar-refractivity contribution in [2.75, 3.05) is 6.61 Å². The molecule has 5 nitrogen and oxygen atoms in total. The predicted molar refractivity (Wildman–Crippen MR) is 45.0 cm³/mol. The maximum atomic E-state index is 10.2. The molecule has 0 saturated heterocycles. The van der Waals surface area contributed by atoms with Gasteiger partial charge in [-0.3, -0.25) is 10.1 Å². The monoisotopic (exact) mass is 188 g/mol. The van der Waals surface area contributed by atoms with Crippen LogP contribution in [-0.2, 0) is 0 Å². The van der Waals surface area contributed by atoms with Crippen molar-refractivity contribution in [3.8, 4) is 0 Å². The van der Waals surface area contributed by atoms with Gasteiger partial charge in [-0.05, 0) is 5.56 Å². The van der Waals surface area contributed by atoms with Gasteiger partial charge in [-0.1, -0.05) is 11.3 Å². The van der Waals surface area contributed by atoms with Crippen LogP contribution >= 0.6 is 11.3 Å². The highest BCUT2D eigenvalue weighted by molar-refractivity contribution is 7.13. The van der Waals surface area contributed by atoms with Gasteiger partial charge in [0.05, 0.1) is 17.6 Å². The molecule has 0 aliphatic heterocycles. The SMILES string of the molecule is NC(CO)c1csc([N+](=O)[O-])c1. The Morgan fingerprint density at radius 3 is 2.92 bits per heavy atom. The molecule has 12 heavy (non-hydrogen) atoms. The molecular weight excluding hydrogens is 180 g/mol. The third kappa shape index (κ3) is 1.79. The summed E-state index contributed by atoms with van der Waals surface area (Å²) in [7, 11) is 0. The fourth-order valence-electron chi connectivity index (χ4n) is 0.735. The molecule has 1 rings (SSSR count). The summed E-state index contributed by atoms with van der Waals surface area (Å²) in [4.78, 5) is 9.76. The maximum Gasteiger partial charge on any atom is 0.324 e. The van der Waals surface area contributed by atoms with Gasteiger partial charge in [0.25, 0.3) is 0 Å². The molecule has 1 heterocycles. The molecule has 1 aromatic rings. The molecule has 3 N–H and O–H groups in total. The van der Waals surface area contributed by atoms with E-state index in [0.717, 1.165) is 11.3 Å². The molecule has 0 bridgehead atoms. The summed E-state index contributed by atoms with van der Waals surface area (Å²) in [6.07, 6.45) is 0. The topological polar surface area (TPSA) is 89.4 Å². The van der Waals surface area contributed by atoms with Crippen LogP contribution < -0.4 is 5.73 Å². The molecule has 0 aromatic carbocycles. The maximum absolute atomic E-state index is 10.2. The lowest BCUT2D eigenvalue weighted by atomic mass is 10.2. The quantitative estimate of drug-likeness (QED) is 0.538. The van der Waals surface area contributed by atoms with Gasteiger partial charge >= 0.3 is 5.00 Å². The first-order valence-corrected chi connectivity index (χ1v) is 4.12. The summed E-state index contributed by atoms with van der Waals surface area (Å²) in [5.41, 5.74) is 6.05. The number of rotatable bonds is 3. The summed E-state index contributed by atoms with van der Waals surface area (Å²) in [5.74, 6) is 0. The normalized spacial score (nSPS) is 12.8. The minimum absolute atomic E-state index is 0.0499. The van der Waals surface area contributed by atoms with Crippen molar-refractivity contribution >= 4 is 16.3 Å². The molecule has 0 spiro atoms. The Hall–Kier alpha value is -0.980. The standard InChI is InChI=1S/C6H8N2O3S/c7-5(2-9)4-1-6(8(10)11)12-3-4/h1,3,5,9H,2,7H2. The number of aliphatic hydroxyl groups is 1. The fraction of sp³-hybridized carbons (Fsp3) is 0.333. The van der Waals surface area contributed by atoms with E-state index in [0.29, 0.717) is 5.56 Å². The van der Waals surface area contributed by atoms with Crippen molar-refractivity contribution in [1.29, 1.82) is 0 Å². The Balaban J connectivity index is 2.84. The van der Waals surface area contributed by atoms with E-state index in [4.69, 9.17) is 10.8 Å². The van der Waals surface area contributed by atoms with Gasteiger partial charge in [-0.25, -0.2) is 0 Å². The van der Waals surface area contributed by atoms with E-state index in [1.54, 1.807) is 5.38 Å². The molecule has 6 heteroatoms. The van der Waals surface area contributed by atoms with E-state index in [1.165, 1.54) is 6.07 Å². The zero-order chi connectivity index (χ0) is 9.14. The van der Waals surface area contributed by atoms with Crippen LogP contribution in [0.25, 0.3) is 0 Å². The molecule has 0 aliphatic carbocycles. The first-order chi connectivity index (χ1) is 5.65. The third-order valence-corrected chi connectivity index (χ3v) is 2.31. The van der Waals surface area contributed by atoms with Gasteiger partial charge in [0.2, 0.25) is 0 Å². The number of hydrogen-bond donors (Lipinski definition) is 2. The van der Waals surface area contributed by atoms with E-state index in [9.17, 15) is 10.1 Å². The molecule has 0 amide bonds. The van der Waals surface area contributed by atoms with E-state index in [2.05, 4.69) is 0 Å². The Morgan fingerprint density at radius 1 is 1.83 bits per heavy atom. The largest absolute Gasteiger partial charge is 0.394 e.